The van der Waals surface area contributed by atoms with E-state index in [4.69, 9.17) is 4.42 Å². The van der Waals surface area contributed by atoms with E-state index in [1.54, 1.807) is 30.5 Å². The van der Waals surface area contributed by atoms with Crippen molar-refractivity contribution in [1.29, 1.82) is 0 Å². The van der Waals surface area contributed by atoms with E-state index in [-0.39, 0.29) is 11.6 Å². The summed E-state index contributed by atoms with van der Waals surface area (Å²) in [6.07, 6.45) is 1.56. The normalized spacial score (nSPS) is 10.3. The van der Waals surface area contributed by atoms with Crippen molar-refractivity contribution in [3.63, 3.8) is 0 Å². The first-order valence-electron chi connectivity index (χ1n) is 7.23. The number of hydrogen-bond acceptors (Lipinski definition) is 5. The van der Waals surface area contributed by atoms with Crippen LogP contribution in [0.15, 0.2) is 65.3 Å². The van der Waals surface area contributed by atoms with Gasteiger partial charge < -0.3 is 15.1 Å². The second-order valence-electron chi connectivity index (χ2n) is 4.91. The van der Waals surface area contributed by atoms with Gasteiger partial charge in [0.05, 0.1) is 12.8 Å². The molecule has 3 rings (SSSR count). The predicted molar refractivity (Wildman–Crippen MR) is 85.7 cm³/mol. The second-order valence-corrected chi connectivity index (χ2v) is 4.91. The van der Waals surface area contributed by atoms with E-state index < -0.39 is 0 Å². The first kappa shape index (κ1) is 14.8. The minimum Gasteiger partial charge on any atom is -0.467 e. The summed E-state index contributed by atoms with van der Waals surface area (Å²) in [5.41, 5.74) is 1.41. The molecule has 6 heteroatoms. The molecule has 0 radical (unpaired) electrons. The fraction of sp³-hybridized carbons (Fsp3) is 0.118. The Morgan fingerprint density at radius 3 is 2.52 bits per heavy atom. The quantitative estimate of drug-likeness (QED) is 0.731. The van der Waals surface area contributed by atoms with Crippen LogP contribution in [0.5, 0.6) is 0 Å². The van der Waals surface area contributed by atoms with Gasteiger partial charge in [-0.3, -0.25) is 4.79 Å². The van der Waals surface area contributed by atoms with Gasteiger partial charge in [0.2, 0.25) is 0 Å². The van der Waals surface area contributed by atoms with Crippen molar-refractivity contribution in [1.82, 2.24) is 15.5 Å². The van der Waals surface area contributed by atoms with Gasteiger partial charge in [0, 0.05) is 6.54 Å². The van der Waals surface area contributed by atoms with Gasteiger partial charge in [0.15, 0.2) is 5.69 Å². The number of carbonyl (C=O) groups excluding carboxylic acids is 1. The van der Waals surface area contributed by atoms with Gasteiger partial charge in [-0.2, -0.15) is 0 Å². The Kier molecular flexibility index (Phi) is 4.63. The Morgan fingerprint density at radius 2 is 1.83 bits per heavy atom. The highest BCUT2D eigenvalue weighted by Gasteiger charge is 2.08. The molecule has 0 unspecified atom stereocenters. The van der Waals surface area contributed by atoms with Crippen molar-refractivity contribution in [3.8, 4) is 0 Å². The molecule has 23 heavy (non-hydrogen) atoms. The number of amides is 1. The number of benzene rings is 1. The van der Waals surface area contributed by atoms with Gasteiger partial charge in [-0.05, 0) is 29.8 Å². The number of nitrogens with one attached hydrogen (secondary N) is 2. The SMILES string of the molecule is O=C(NCc1ccco1)c1ccc(NCc2ccccc2)nn1. The summed E-state index contributed by atoms with van der Waals surface area (Å²) >= 11 is 0. The smallest absolute Gasteiger partial charge is 0.272 e. The van der Waals surface area contributed by atoms with Crippen LogP contribution in [0.25, 0.3) is 0 Å². The van der Waals surface area contributed by atoms with Crippen LogP contribution in [0.4, 0.5) is 5.82 Å². The Bertz CT molecular complexity index is 740. The average Bonchev–Trinajstić information content (AvgIpc) is 3.13. The van der Waals surface area contributed by atoms with Crippen molar-refractivity contribution in [2.45, 2.75) is 13.1 Å². The number of anilines is 1. The molecule has 6 nitrogen and oxygen atoms in total. The fourth-order valence-electron chi connectivity index (χ4n) is 2.01. The molecule has 3 aromatic rings. The molecule has 0 aliphatic heterocycles. The van der Waals surface area contributed by atoms with Crippen LogP contribution in [-0.4, -0.2) is 16.1 Å². The molecule has 0 bridgehead atoms. The maximum atomic E-state index is 12.0. The minimum absolute atomic E-state index is 0.266. The van der Waals surface area contributed by atoms with Gasteiger partial charge in [-0.1, -0.05) is 30.3 Å². The lowest BCUT2D eigenvalue weighted by Gasteiger charge is -2.06. The lowest BCUT2D eigenvalue weighted by Crippen LogP contribution is -2.24. The predicted octanol–water partition coefficient (Wildman–Crippen LogP) is 2.61. The molecule has 0 saturated carbocycles. The second kappa shape index (κ2) is 7.22. The fourth-order valence-corrected chi connectivity index (χ4v) is 2.01. The zero-order valence-corrected chi connectivity index (χ0v) is 12.4. The number of nitrogens with zero attached hydrogens (tertiary/aromatic N) is 2. The topological polar surface area (TPSA) is 80.0 Å². The molecule has 0 aliphatic rings. The van der Waals surface area contributed by atoms with Gasteiger partial charge in [0.1, 0.15) is 11.6 Å². The third-order valence-corrected chi connectivity index (χ3v) is 3.22. The van der Waals surface area contributed by atoms with Crippen LogP contribution in [0.1, 0.15) is 21.8 Å². The Balaban J connectivity index is 1.53. The molecule has 0 aliphatic carbocycles. The molecule has 0 fully saturated rings. The van der Waals surface area contributed by atoms with Crippen LogP contribution in [-0.2, 0) is 13.1 Å². The van der Waals surface area contributed by atoms with Crippen molar-refractivity contribution in [2.75, 3.05) is 5.32 Å². The van der Waals surface area contributed by atoms with E-state index in [0.29, 0.717) is 24.7 Å². The zero-order valence-electron chi connectivity index (χ0n) is 12.4. The van der Waals surface area contributed by atoms with E-state index in [0.717, 1.165) is 5.56 Å². The number of carbonyl (C=O) groups is 1. The lowest BCUT2D eigenvalue weighted by molar-refractivity contribution is 0.0942. The highest BCUT2D eigenvalue weighted by Crippen LogP contribution is 2.06. The molecule has 116 valence electrons. The van der Waals surface area contributed by atoms with Crippen LogP contribution in [0, 0.1) is 0 Å². The Labute approximate surface area is 133 Å². The molecular weight excluding hydrogens is 292 g/mol. The summed E-state index contributed by atoms with van der Waals surface area (Å²) in [6, 6.07) is 16.9. The van der Waals surface area contributed by atoms with E-state index >= 15 is 0 Å². The minimum atomic E-state index is -0.288. The largest absolute Gasteiger partial charge is 0.467 e. The molecule has 0 saturated heterocycles. The van der Waals surface area contributed by atoms with Crippen molar-refractivity contribution in [2.24, 2.45) is 0 Å². The molecule has 2 aromatic heterocycles. The van der Waals surface area contributed by atoms with E-state index in [9.17, 15) is 4.79 Å². The number of hydrogen-bond donors (Lipinski definition) is 2. The molecule has 0 spiro atoms. The monoisotopic (exact) mass is 308 g/mol. The first-order valence-corrected chi connectivity index (χ1v) is 7.23. The summed E-state index contributed by atoms with van der Waals surface area (Å²) in [4.78, 5) is 12.0. The standard InChI is InChI=1S/C17H16N4O2/c22-17(19-12-14-7-4-10-23-14)15-8-9-16(21-20-15)18-11-13-5-2-1-3-6-13/h1-10H,11-12H2,(H,18,21)(H,19,22). The number of furan rings is 1. The average molecular weight is 308 g/mol. The third-order valence-electron chi connectivity index (χ3n) is 3.22. The maximum Gasteiger partial charge on any atom is 0.272 e. The number of rotatable bonds is 6. The molecule has 1 aromatic carbocycles. The Hall–Kier alpha value is -3.15. The Morgan fingerprint density at radius 1 is 0.957 bits per heavy atom. The zero-order chi connectivity index (χ0) is 15.9. The van der Waals surface area contributed by atoms with Gasteiger partial charge in [-0.25, -0.2) is 0 Å². The van der Waals surface area contributed by atoms with Crippen molar-refractivity contribution < 1.29 is 9.21 Å². The van der Waals surface area contributed by atoms with Gasteiger partial charge in [0.25, 0.3) is 5.91 Å². The summed E-state index contributed by atoms with van der Waals surface area (Å²) in [7, 11) is 0. The van der Waals surface area contributed by atoms with Crippen LogP contribution >= 0.6 is 0 Å². The highest BCUT2D eigenvalue weighted by molar-refractivity contribution is 5.92. The molecule has 1 amide bonds. The lowest BCUT2D eigenvalue weighted by atomic mass is 10.2. The summed E-state index contributed by atoms with van der Waals surface area (Å²) < 4.78 is 5.15. The van der Waals surface area contributed by atoms with Gasteiger partial charge in [-0.15, -0.1) is 10.2 Å². The highest BCUT2D eigenvalue weighted by atomic mass is 16.3. The van der Waals surface area contributed by atoms with E-state index in [2.05, 4.69) is 20.8 Å². The first-order chi connectivity index (χ1) is 11.3. The maximum absolute atomic E-state index is 12.0. The molecule has 2 heterocycles. The number of aromatic nitrogens is 2. The molecular formula is C17H16N4O2. The van der Waals surface area contributed by atoms with E-state index in [1.165, 1.54) is 0 Å². The van der Waals surface area contributed by atoms with Crippen molar-refractivity contribution >= 4 is 11.7 Å². The van der Waals surface area contributed by atoms with Gasteiger partial charge >= 0.3 is 0 Å². The molecule has 0 atom stereocenters. The molecule has 2 N–H and O–H groups in total. The van der Waals surface area contributed by atoms with Crippen molar-refractivity contribution in [3.05, 3.63) is 77.9 Å². The van der Waals surface area contributed by atoms with Crippen LogP contribution < -0.4 is 10.6 Å². The summed E-state index contributed by atoms with van der Waals surface area (Å²) in [6.45, 7) is 0.973. The summed E-state index contributed by atoms with van der Waals surface area (Å²) in [5, 5.41) is 13.8. The third kappa shape index (κ3) is 4.16. The summed E-state index contributed by atoms with van der Waals surface area (Å²) in [5.74, 6) is 1.02. The van der Waals surface area contributed by atoms with Crippen LogP contribution in [0.3, 0.4) is 0 Å². The van der Waals surface area contributed by atoms with Crippen LogP contribution in [0.2, 0.25) is 0 Å². The van der Waals surface area contributed by atoms with E-state index in [1.807, 2.05) is 30.3 Å².